The van der Waals surface area contributed by atoms with Crippen molar-refractivity contribution in [2.24, 2.45) is 5.92 Å². The number of hydrogen-bond acceptors (Lipinski definition) is 4. The maximum absolute atomic E-state index is 5.71. The molecule has 1 fully saturated rings. The molecule has 1 aliphatic heterocycles. The van der Waals surface area contributed by atoms with E-state index in [0.29, 0.717) is 5.92 Å². The van der Waals surface area contributed by atoms with Crippen molar-refractivity contribution < 1.29 is 18.0 Å². The Morgan fingerprint density at radius 2 is 1.69 bits per heavy atom. The van der Waals surface area contributed by atoms with Crippen LogP contribution in [0, 0.1) is 5.92 Å². The second-order valence-electron chi connectivity index (χ2n) is 4.72. The van der Waals surface area contributed by atoms with Crippen molar-refractivity contribution in [1.82, 2.24) is 0 Å². The highest BCUT2D eigenvalue weighted by molar-refractivity contribution is 6.36. The van der Waals surface area contributed by atoms with Crippen LogP contribution in [0.2, 0.25) is 0 Å². The van der Waals surface area contributed by atoms with Gasteiger partial charge in [0.25, 0.3) is 0 Å². The van der Waals surface area contributed by atoms with E-state index in [4.69, 9.17) is 18.0 Å². The van der Waals surface area contributed by atoms with E-state index < -0.39 is 9.53 Å². The highest BCUT2D eigenvalue weighted by atomic mass is 28.3. The predicted octanol–water partition coefficient (Wildman–Crippen LogP) is 1.61. The number of ether oxygens (including phenoxy) is 1. The Kier molecular flexibility index (Phi) is 6.53. The van der Waals surface area contributed by atoms with E-state index >= 15 is 0 Å². The molecule has 0 aliphatic carbocycles. The van der Waals surface area contributed by atoms with Crippen LogP contribution < -0.4 is 0 Å². The van der Waals surface area contributed by atoms with Crippen LogP contribution in [0.5, 0.6) is 0 Å². The fourth-order valence-corrected chi connectivity index (χ4v) is 2.78. The van der Waals surface area contributed by atoms with Gasteiger partial charge in [0.15, 0.2) is 0 Å². The Labute approximate surface area is 100 Å². The lowest BCUT2D eigenvalue weighted by Gasteiger charge is -2.27. The molecule has 1 rings (SSSR count). The molecule has 0 atom stereocenters. The Morgan fingerprint density at radius 3 is 2.06 bits per heavy atom. The Hall–Kier alpha value is 0.0569. The maximum Gasteiger partial charge on any atom is 0.484 e. The lowest BCUT2D eigenvalue weighted by atomic mass is 10.1. The lowest BCUT2D eigenvalue weighted by molar-refractivity contribution is -0.0447. The van der Waals surface area contributed by atoms with Crippen LogP contribution in [0.3, 0.4) is 0 Å². The lowest BCUT2D eigenvalue weighted by Crippen LogP contribution is -2.35. The molecule has 4 nitrogen and oxygen atoms in total. The molecule has 1 heterocycles. The molecular weight excluding hydrogens is 224 g/mol. The molecule has 1 aliphatic rings. The van der Waals surface area contributed by atoms with Gasteiger partial charge >= 0.3 is 9.53 Å². The van der Waals surface area contributed by atoms with E-state index in [-0.39, 0.29) is 12.2 Å². The Balaban J connectivity index is 2.14. The molecule has 0 unspecified atom stereocenters. The molecule has 0 N–H and O–H groups in total. The molecule has 0 aromatic rings. The SMILES string of the molecule is CC(C)O[SiH](OCCC1COC1)OC(C)C. The monoisotopic (exact) mass is 248 g/mol. The third-order valence-corrected chi connectivity index (χ3v) is 4.29. The van der Waals surface area contributed by atoms with E-state index in [0.717, 1.165) is 26.2 Å². The first-order valence-electron chi connectivity index (χ1n) is 6.08. The average molecular weight is 248 g/mol. The van der Waals surface area contributed by atoms with Crippen molar-refractivity contribution in [3.05, 3.63) is 0 Å². The van der Waals surface area contributed by atoms with E-state index in [1.54, 1.807) is 0 Å². The Bertz CT molecular complexity index is 173. The normalized spacial score (nSPS) is 17.4. The van der Waals surface area contributed by atoms with Crippen LogP contribution in [0.1, 0.15) is 34.1 Å². The quantitative estimate of drug-likeness (QED) is 0.612. The zero-order chi connectivity index (χ0) is 12.0. The fourth-order valence-electron chi connectivity index (χ4n) is 1.34. The molecule has 0 aromatic heterocycles. The molecule has 96 valence electrons. The van der Waals surface area contributed by atoms with Gasteiger partial charge in [0.05, 0.1) is 13.2 Å². The summed E-state index contributed by atoms with van der Waals surface area (Å²) in [5, 5.41) is 0. The fraction of sp³-hybridized carbons (Fsp3) is 1.00. The molecule has 0 amide bonds. The van der Waals surface area contributed by atoms with Crippen LogP contribution >= 0.6 is 0 Å². The summed E-state index contributed by atoms with van der Waals surface area (Å²) in [5.41, 5.74) is 0. The molecular formula is C11H24O4Si. The summed E-state index contributed by atoms with van der Waals surface area (Å²) >= 11 is 0. The largest absolute Gasteiger partial charge is 0.484 e. The van der Waals surface area contributed by atoms with E-state index in [2.05, 4.69) is 0 Å². The zero-order valence-electron chi connectivity index (χ0n) is 10.8. The van der Waals surface area contributed by atoms with Crippen LogP contribution in [-0.4, -0.2) is 41.6 Å². The number of hydrogen-bond donors (Lipinski definition) is 0. The number of rotatable bonds is 8. The standard InChI is InChI=1S/C11H24O4Si/c1-9(2)14-16(15-10(3)4)13-6-5-11-7-12-8-11/h9-11,16H,5-8H2,1-4H3. The van der Waals surface area contributed by atoms with Gasteiger partial charge in [-0.2, -0.15) is 0 Å². The van der Waals surface area contributed by atoms with Gasteiger partial charge in [-0.15, -0.1) is 0 Å². The van der Waals surface area contributed by atoms with Crippen LogP contribution in [0.15, 0.2) is 0 Å². The smallest absolute Gasteiger partial charge is 0.381 e. The summed E-state index contributed by atoms with van der Waals surface area (Å²) in [4.78, 5) is 0. The molecule has 0 spiro atoms. The first-order chi connectivity index (χ1) is 7.58. The topological polar surface area (TPSA) is 36.9 Å². The van der Waals surface area contributed by atoms with E-state index in [1.165, 1.54) is 0 Å². The summed E-state index contributed by atoms with van der Waals surface area (Å²) in [6.45, 7) is 10.5. The van der Waals surface area contributed by atoms with Gasteiger partial charge in [-0.05, 0) is 34.1 Å². The van der Waals surface area contributed by atoms with E-state index in [1.807, 2.05) is 27.7 Å². The summed E-state index contributed by atoms with van der Waals surface area (Å²) < 4.78 is 22.1. The van der Waals surface area contributed by atoms with Crippen molar-refractivity contribution >= 4 is 9.53 Å². The highest BCUT2D eigenvalue weighted by Gasteiger charge is 2.22. The van der Waals surface area contributed by atoms with Crippen molar-refractivity contribution in [3.63, 3.8) is 0 Å². The van der Waals surface area contributed by atoms with Gasteiger partial charge in [0, 0.05) is 24.7 Å². The second-order valence-corrected chi connectivity index (χ2v) is 6.18. The van der Waals surface area contributed by atoms with Crippen LogP contribution in [0.4, 0.5) is 0 Å². The summed E-state index contributed by atoms with van der Waals surface area (Å²) in [6.07, 6.45) is 1.39. The van der Waals surface area contributed by atoms with Crippen LogP contribution in [0.25, 0.3) is 0 Å². The summed E-state index contributed by atoms with van der Waals surface area (Å²) in [7, 11) is -1.94. The molecule has 0 saturated carbocycles. The zero-order valence-corrected chi connectivity index (χ0v) is 11.9. The van der Waals surface area contributed by atoms with Gasteiger partial charge in [-0.25, -0.2) is 0 Å². The molecule has 5 heteroatoms. The second kappa shape index (κ2) is 7.40. The van der Waals surface area contributed by atoms with Gasteiger partial charge in [-0.1, -0.05) is 0 Å². The third-order valence-electron chi connectivity index (χ3n) is 2.25. The van der Waals surface area contributed by atoms with Gasteiger partial charge in [0.1, 0.15) is 0 Å². The summed E-state index contributed by atoms with van der Waals surface area (Å²) in [6, 6.07) is 0. The highest BCUT2D eigenvalue weighted by Crippen LogP contribution is 2.14. The van der Waals surface area contributed by atoms with Crippen molar-refractivity contribution in [2.45, 2.75) is 46.3 Å². The predicted molar refractivity (Wildman–Crippen MR) is 64.5 cm³/mol. The first kappa shape index (κ1) is 14.1. The van der Waals surface area contributed by atoms with Gasteiger partial charge < -0.3 is 18.0 Å². The summed E-state index contributed by atoms with van der Waals surface area (Å²) in [5.74, 6) is 0.674. The molecule has 0 radical (unpaired) electrons. The van der Waals surface area contributed by atoms with Crippen molar-refractivity contribution in [1.29, 1.82) is 0 Å². The van der Waals surface area contributed by atoms with Crippen molar-refractivity contribution in [2.75, 3.05) is 19.8 Å². The van der Waals surface area contributed by atoms with Crippen LogP contribution in [-0.2, 0) is 18.0 Å². The maximum atomic E-state index is 5.71. The minimum Gasteiger partial charge on any atom is -0.381 e. The molecule has 1 saturated heterocycles. The van der Waals surface area contributed by atoms with Gasteiger partial charge in [-0.3, -0.25) is 0 Å². The molecule has 16 heavy (non-hydrogen) atoms. The molecule has 0 bridgehead atoms. The van der Waals surface area contributed by atoms with Crippen molar-refractivity contribution in [3.8, 4) is 0 Å². The van der Waals surface area contributed by atoms with Gasteiger partial charge in [0.2, 0.25) is 0 Å². The molecule has 0 aromatic carbocycles. The Morgan fingerprint density at radius 1 is 1.12 bits per heavy atom. The first-order valence-corrected chi connectivity index (χ1v) is 7.49. The minimum atomic E-state index is -1.94. The third kappa shape index (κ3) is 5.96. The van der Waals surface area contributed by atoms with E-state index in [9.17, 15) is 0 Å². The minimum absolute atomic E-state index is 0.169. The average Bonchev–Trinajstić information content (AvgIpc) is 2.06.